The van der Waals surface area contributed by atoms with E-state index < -0.39 is 0 Å². The van der Waals surface area contributed by atoms with Crippen LogP contribution in [0, 0.1) is 11.3 Å². The molecule has 0 spiro atoms. The number of nitriles is 1. The highest BCUT2D eigenvalue weighted by Gasteiger charge is 2.22. The van der Waals surface area contributed by atoms with Crippen molar-refractivity contribution in [1.82, 2.24) is 4.90 Å². The van der Waals surface area contributed by atoms with Crippen LogP contribution in [0.5, 0.6) is 0 Å². The van der Waals surface area contributed by atoms with E-state index in [-0.39, 0.29) is 12.0 Å². The summed E-state index contributed by atoms with van der Waals surface area (Å²) in [7, 11) is 0. The molecular weight excluding hydrogens is 228 g/mol. The lowest BCUT2D eigenvalue weighted by Crippen LogP contribution is -2.44. The van der Waals surface area contributed by atoms with E-state index in [1.165, 1.54) is 0 Å². The molecule has 2 rings (SSSR count). The smallest absolute Gasteiger partial charge is 0.254 e. The maximum absolute atomic E-state index is 12.2. The summed E-state index contributed by atoms with van der Waals surface area (Å²) < 4.78 is 5.42. The zero-order valence-corrected chi connectivity index (χ0v) is 10.4. The summed E-state index contributed by atoms with van der Waals surface area (Å²) in [5, 5.41) is 8.59. The van der Waals surface area contributed by atoms with Gasteiger partial charge in [0.2, 0.25) is 0 Å². The van der Waals surface area contributed by atoms with Crippen molar-refractivity contribution in [3.8, 4) is 6.07 Å². The molecule has 4 heteroatoms. The lowest BCUT2D eigenvalue weighted by atomic mass is 10.1. The highest BCUT2D eigenvalue weighted by atomic mass is 16.5. The summed E-state index contributed by atoms with van der Waals surface area (Å²) in [6.07, 6.45) is 0.476. The van der Waals surface area contributed by atoms with E-state index >= 15 is 0 Å². The third kappa shape index (κ3) is 2.88. The summed E-state index contributed by atoms with van der Waals surface area (Å²) in [5.41, 5.74) is 1.61. The molecule has 1 aliphatic heterocycles. The van der Waals surface area contributed by atoms with Crippen LogP contribution in [0.25, 0.3) is 0 Å². The van der Waals surface area contributed by atoms with Gasteiger partial charge in [-0.2, -0.15) is 5.26 Å². The molecule has 1 aromatic carbocycles. The first-order valence-corrected chi connectivity index (χ1v) is 6.07. The number of rotatable bonds is 2. The Morgan fingerprint density at radius 3 is 2.83 bits per heavy atom. The number of nitrogens with zero attached hydrogens (tertiary/aromatic N) is 2. The maximum Gasteiger partial charge on any atom is 0.254 e. The fraction of sp³-hybridized carbons (Fsp3) is 0.429. The topological polar surface area (TPSA) is 53.3 Å². The lowest BCUT2D eigenvalue weighted by molar-refractivity contribution is -0.0124. The van der Waals surface area contributed by atoms with Gasteiger partial charge < -0.3 is 9.64 Å². The summed E-state index contributed by atoms with van der Waals surface area (Å²) in [5.74, 6) is 0.0358. The molecule has 1 saturated heterocycles. The van der Waals surface area contributed by atoms with Crippen molar-refractivity contribution in [2.45, 2.75) is 19.4 Å². The zero-order chi connectivity index (χ0) is 13.0. The Morgan fingerprint density at radius 2 is 2.22 bits per heavy atom. The Balaban J connectivity index is 2.06. The molecule has 0 N–H and O–H groups in total. The van der Waals surface area contributed by atoms with E-state index in [2.05, 4.69) is 6.07 Å². The predicted octanol–water partition coefficient (Wildman–Crippen LogP) is 1.61. The molecule has 18 heavy (non-hydrogen) atoms. The van der Waals surface area contributed by atoms with Crippen LogP contribution in [0.3, 0.4) is 0 Å². The van der Waals surface area contributed by atoms with E-state index in [0.717, 1.165) is 5.56 Å². The first-order chi connectivity index (χ1) is 8.70. The quantitative estimate of drug-likeness (QED) is 0.794. The number of carbonyl (C=O) groups is 1. The largest absolute Gasteiger partial charge is 0.375 e. The van der Waals surface area contributed by atoms with Gasteiger partial charge in [-0.15, -0.1) is 0 Å². The fourth-order valence-electron chi connectivity index (χ4n) is 2.04. The van der Waals surface area contributed by atoms with Crippen molar-refractivity contribution < 1.29 is 9.53 Å². The van der Waals surface area contributed by atoms with Gasteiger partial charge in [0.1, 0.15) is 0 Å². The van der Waals surface area contributed by atoms with Crippen LogP contribution in [0.2, 0.25) is 0 Å². The summed E-state index contributed by atoms with van der Waals surface area (Å²) in [4.78, 5) is 14.0. The SMILES string of the molecule is C[C@H]1CN(C(=O)c2ccc(CC#N)cc2)CCO1. The van der Waals surface area contributed by atoms with Gasteiger partial charge in [-0.25, -0.2) is 0 Å². The van der Waals surface area contributed by atoms with Crippen molar-refractivity contribution >= 4 is 5.91 Å². The Hall–Kier alpha value is -1.86. The van der Waals surface area contributed by atoms with E-state index in [1.54, 1.807) is 12.1 Å². The summed E-state index contributed by atoms with van der Waals surface area (Å²) in [6.45, 7) is 3.84. The molecule has 0 aliphatic carbocycles. The molecule has 0 unspecified atom stereocenters. The minimum Gasteiger partial charge on any atom is -0.375 e. The molecular formula is C14H16N2O2. The van der Waals surface area contributed by atoms with E-state index in [9.17, 15) is 4.79 Å². The predicted molar refractivity (Wildman–Crippen MR) is 67.1 cm³/mol. The van der Waals surface area contributed by atoms with Gasteiger partial charge in [-0.3, -0.25) is 4.79 Å². The van der Waals surface area contributed by atoms with Gasteiger partial charge in [-0.05, 0) is 24.6 Å². The van der Waals surface area contributed by atoms with Crippen LogP contribution in [-0.4, -0.2) is 36.6 Å². The number of hydrogen-bond donors (Lipinski definition) is 0. The van der Waals surface area contributed by atoms with Gasteiger partial charge in [-0.1, -0.05) is 12.1 Å². The molecule has 1 amide bonds. The van der Waals surface area contributed by atoms with Gasteiger partial charge in [0, 0.05) is 18.7 Å². The molecule has 1 atom stereocenters. The van der Waals surface area contributed by atoms with Crippen LogP contribution in [0.1, 0.15) is 22.8 Å². The van der Waals surface area contributed by atoms with E-state index in [0.29, 0.717) is 31.7 Å². The van der Waals surface area contributed by atoms with Gasteiger partial charge in [0.15, 0.2) is 0 Å². The molecule has 4 nitrogen and oxygen atoms in total. The molecule has 0 saturated carbocycles. The van der Waals surface area contributed by atoms with Crippen LogP contribution in [0.15, 0.2) is 24.3 Å². The first kappa shape index (κ1) is 12.6. The van der Waals surface area contributed by atoms with Crippen molar-refractivity contribution in [3.05, 3.63) is 35.4 Å². The van der Waals surface area contributed by atoms with Crippen molar-refractivity contribution in [3.63, 3.8) is 0 Å². The van der Waals surface area contributed by atoms with E-state index in [4.69, 9.17) is 10.00 Å². The highest BCUT2D eigenvalue weighted by Crippen LogP contribution is 2.11. The van der Waals surface area contributed by atoms with Crippen molar-refractivity contribution in [2.24, 2.45) is 0 Å². The Kier molecular flexibility index (Phi) is 3.96. The number of amides is 1. The molecule has 0 aromatic heterocycles. The third-order valence-corrected chi connectivity index (χ3v) is 3.01. The minimum atomic E-state index is 0.0358. The Morgan fingerprint density at radius 1 is 1.50 bits per heavy atom. The molecule has 0 bridgehead atoms. The monoisotopic (exact) mass is 244 g/mol. The number of carbonyl (C=O) groups excluding carboxylic acids is 1. The lowest BCUT2D eigenvalue weighted by Gasteiger charge is -2.31. The third-order valence-electron chi connectivity index (χ3n) is 3.01. The summed E-state index contributed by atoms with van der Waals surface area (Å²) >= 11 is 0. The number of ether oxygens (including phenoxy) is 1. The van der Waals surface area contributed by atoms with Crippen LogP contribution in [0.4, 0.5) is 0 Å². The second-order valence-corrected chi connectivity index (χ2v) is 4.46. The average Bonchev–Trinajstić information content (AvgIpc) is 2.39. The number of hydrogen-bond acceptors (Lipinski definition) is 3. The second kappa shape index (κ2) is 5.65. The summed E-state index contributed by atoms with van der Waals surface area (Å²) in [6, 6.07) is 9.33. The molecule has 94 valence electrons. The number of morpholine rings is 1. The highest BCUT2D eigenvalue weighted by molar-refractivity contribution is 5.94. The molecule has 1 aliphatic rings. The molecule has 0 radical (unpaired) electrons. The van der Waals surface area contributed by atoms with Crippen molar-refractivity contribution in [2.75, 3.05) is 19.7 Å². The van der Waals surface area contributed by atoms with Crippen LogP contribution < -0.4 is 0 Å². The normalized spacial score (nSPS) is 19.3. The van der Waals surface area contributed by atoms with Gasteiger partial charge in [0.05, 0.1) is 25.2 Å². The minimum absolute atomic E-state index is 0.0358. The number of benzene rings is 1. The van der Waals surface area contributed by atoms with Crippen LogP contribution in [-0.2, 0) is 11.2 Å². The second-order valence-electron chi connectivity index (χ2n) is 4.46. The van der Waals surface area contributed by atoms with Gasteiger partial charge >= 0.3 is 0 Å². The zero-order valence-electron chi connectivity index (χ0n) is 10.4. The average molecular weight is 244 g/mol. The Bertz CT molecular complexity index is 462. The Labute approximate surface area is 107 Å². The molecule has 1 aromatic rings. The molecule has 1 fully saturated rings. The maximum atomic E-state index is 12.2. The van der Waals surface area contributed by atoms with Crippen molar-refractivity contribution in [1.29, 1.82) is 5.26 Å². The first-order valence-electron chi connectivity index (χ1n) is 6.07. The van der Waals surface area contributed by atoms with Crippen LogP contribution >= 0.6 is 0 Å². The standard InChI is InChI=1S/C14H16N2O2/c1-11-10-16(8-9-18-11)14(17)13-4-2-12(3-5-13)6-7-15/h2-5,11H,6,8-10H2,1H3/t11-/m0/s1. The van der Waals surface area contributed by atoms with Gasteiger partial charge in [0.25, 0.3) is 5.91 Å². The molecule has 1 heterocycles. The van der Waals surface area contributed by atoms with E-state index in [1.807, 2.05) is 24.0 Å². The fourth-order valence-corrected chi connectivity index (χ4v) is 2.04.